The van der Waals surface area contributed by atoms with Crippen LogP contribution in [0.1, 0.15) is 49.7 Å². The lowest BCUT2D eigenvalue weighted by atomic mass is 9.99. The number of hydrogen-bond acceptors (Lipinski definition) is 10. The Morgan fingerprint density at radius 1 is 0.625 bits per heavy atom. The summed E-state index contributed by atoms with van der Waals surface area (Å²) in [5, 5.41) is 10.6. The molecule has 10 heteroatoms. The number of carbonyl (C=O) groups is 5. The second-order valence-electron chi connectivity index (χ2n) is 6.51. The average molecular weight is 444 g/mol. The van der Waals surface area contributed by atoms with E-state index in [-0.39, 0.29) is 34.1 Å². The van der Waals surface area contributed by atoms with Crippen LogP contribution >= 0.6 is 0 Å². The van der Waals surface area contributed by atoms with Crippen molar-refractivity contribution < 1.29 is 48.0 Å². The first-order chi connectivity index (χ1) is 15.0. The summed E-state index contributed by atoms with van der Waals surface area (Å²) in [6, 6.07) is 7.42. The predicted octanol–water partition coefficient (Wildman–Crippen LogP) is 2.30. The largest absolute Gasteiger partial charge is 0.423 e. The molecule has 0 saturated carbocycles. The van der Waals surface area contributed by atoms with Gasteiger partial charge >= 0.3 is 23.9 Å². The molecule has 1 atom stereocenters. The monoisotopic (exact) mass is 444 g/mol. The Bertz CT molecular complexity index is 1090. The standard InChI is InChI=1S/C22H20O10/c1-11(23)29-17-7-5-15(9-19(17)31-13(3)25)21(27)22(28)16-6-8-18(30-12(2)24)20(10-16)32-14(4)26/h5-10,21,27H,1-4H3. The van der Waals surface area contributed by atoms with Gasteiger partial charge in [0.25, 0.3) is 0 Å². The fourth-order valence-corrected chi connectivity index (χ4v) is 2.61. The Balaban J connectivity index is 2.40. The molecule has 168 valence electrons. The lowest BCUT2D eigenvalue weighted by Gasteiger charge is -2.15. The highest BCUT2D eigenvalue weighted by Gasteiger charge is 2.24. The van der Waals surface area contributed by atoms with Crippen molar-refractivity contribution in [3.8, 4) is 23.0 Å². The summed E-state index contributed by atoms with van der Waals surface area (Å²) in [7, 11) is 0. The van der Waals surface area contributed by atoms with Gasteiger partial charge in [-0.15, -0.1) is 0 Å². The van der Waals surface area contributed by atoms with Crippen LogP contribution < -0.4 is 18.9 Å². The van der Waals surface area contributed by atoms with E-state index in [9.17, 15) is 29.1 Å². The number of esters is 4. The zero-order chi connectivity index (χ0) is 24.0. The van der Waals surface area contributed by atoms with E-state index in [1.807, 2.05) is 0 Å². The second-order valence-corrected chi connectivity index (χ2v) is 6.51. The molecule has 1 unspecified atom stereocenters. The van der Waals surface area contributed by atoms with Crippen molar-refractivity contribution in [3.05, 3.63) is 47.5 Å². The summed E-state index contributed by atoms with van der Waals surface area (Å²) >= 11 is 0. The van der Waals surface area contributed by atoms with Crippen molar-refractivity contribution in [1.82, 2.24) is 0 Å². The Morgan fingerprint density at radius 2 is 1.03 bits per heavy atom. The minimum absolute atomic E-state index is 0.0419. The molecule has 0 saturated heterocycles. The molecule has 0 aliphatic carbocycles. The minimum Gasteiger partial charge on any atom is -0.423 e. The Morgan fingerprint density at radius 3 is 1.50 bits per heavy atom. The summed E-state index contributed by atoms with van der Waals surface area (Å²) in [5.41, 5.74) is -0.0111. The fraction of sp³-hybridized carbons (Fsp3) is 0.227. The molecule has 0 aliphatic rings. The number of carbonyl (C=O) groups excluding carboxylic acids is 5. The molecule has 0 spiro atoms. The number of aliphatic hydroxyl groups is 1. The van der Waals surface area contributed by atoms with Gasteiger partial charge in [0.2, 0.25) is 0 Å². The first-order valence-corrected chi connectivity index (χ1v) is 9.22. The van der Waals surface area contributed by atoms with Crippen LogP contribution in [0.15, 0.2) is 36.4 Å². The maximum Gasteiger partial charge on any atom is 0.308 e. The van der Waals surface area contributed by atoms with Crippen LogP contribution in [-0.4, -0.2) is 34.8 Å². The van der Waals surface area contributed by atoms with Gasteiger partial charge in [-0.2, -0.15) is 0 Å². The van der Waals surface area contributed by atoms with Crippen molar-refractivity contribution in [2.24, 2.45) is 0 Å². The van der Waals surface area contributed by atoms with Crippen molar-refractivity contribution >= 4 is 29.7 Å². The Kier molecular flexibility index (Phi) is 7.81. The molecule has 2 aromatic rings. The zero-order valence-corrected chi connectivity index (χ0v) is 17.7. The molecule has 0 fully saturated rings. The number of hydrogen-bond donors (Lipinski definition) is 1. The first-order valence-electron chi connectivity index (χ1n) is 9.22. The lowest BCUT2D eigenvalue weighted by molar-refractivity contribution is -0.134. The third-order valence-electron chi connectivity index (χ3n) is 3.77. The second kappa shape index (κ2) is 10.3. The van der Waals surface area contributed by atoms with Gasteiger partial charge in [0.15, 0.2) is 28.8 Å². The SMILES string of the molecule is CC(=O)Oc1ccc(C(=O)C(O)c2ccc(OC(C)=O)c(OC(C)=O)c2)cc1OC(C)=O. The topological polar surface area (TPSA) is 143 Å². The third-order valence-corrected chi connectivity index (χ3v) is 3.77. The van der Waals surface area contributed by atoms with Gasteiger partial charge in [-0.25, -0.2) is 0 Å². The van der Waals surface area contributed by atoms with E-state index in [0.717, 1.165) is 33.8 Å². The van der Waals surface area contributed by atoms with Crippen molar-refractivity contribution in [1.29, 1.82) is 0 Å². The first kappa shape index (κ1) is 24.2. The summed E-state index contributed by atoms with van der Waals surface area (Å²) in [6.07, 6.45) is -1.71. The molecular weight excluding hydrogens is 424 g/mol. The molecule has 1 N–H and O–H groups in total. The number of Topliss-reactive ketones (excluding diaryl/α,β-unsaturated/α-hetero) is 1. The summed E-state index contributed by atoms with van der Waals surface area (Å²) in [6.45, 7) is 4.57. The molecule has 0 bridgehead atoms. The van der Waals surface area contributed by atoms with Gasteiger partial charge in [-0.05, 0) is 35.9 Å². The van der Waals surface area contributed by atoms with Gasteiger partial charge in [-0.1, -0.05) is 6.07 Å². The van der Waals surface area contributed by atoms with Crippen LogP contribution in [0.2, 0.25) is 0 Å². The number of benzene rings is 2. The Hall–Kier alpha value is -4.05. The van der Waals surface area contributed by atoms with Crippen molar-refractivity contribution in [2.75, 3.05) is 0 Å². The van der Waals surface area contributed by atoms with Crippen LogP contribution in [-0.2, 0) is 19.2 Å². The number of ketones is 1. The number of aliphatic hydroxyl groups excluding tert-OH is 1. The van der Waals surface area contributed by atoms with Gasteiger partial charge in [-0.3, -0.25) is 24.0 Å². The minimum atomic E-state index is -1.71. The molecule has 0 aliphatic heterocycles. The summed E-state index contributed by atoms with van der Waals surface area (Å²) in [5.74, 6) is -4.03. The van der Waals surface area contributed by atoms with Crippen LogP contribution in [0.5, 0.6) is 23.0 Å². The quantitative estimate of drug-likeness (QED) is 0.384. The van der Waals surface area contributed by atoms with E-state index in [0.29, 0.717) is 0 Å². The molecule has 0 amide bonds. The van der Waals surface area contributed by atoms with E-state index >= 15 is 0 Å². The average Bonchev–Trinajstić information content (AvgIpc) is 2.68. The molecule has 2 rings (SSSR count). The van der Waals surface area contributed by atoms with E-state index in [4.69, 9.17) is 18.9 Å². The van der Waals surface area contributed by atoms with E-state index in [1.165, 1.54) is 30.3 Å². The molecule has 0 aromatic heterocycles. The predicted molar refractivity (Wildman–Crippen MR) is 107 cm³/mol. The highest BCUT2D eigenvalue weighted by Crippen LogP contribution is 2.34. The fourth-order valence-electron chi connectivity index (χ4n) is 2.61. The van der Waals surface area contributed by atoms with Crippen LogP contribution in [0.3, 0.4) is 0 Å². The normalized spacial score (nSPS) is 11.2. The van der Waals surface area contributed by atoms with Crippen LogP contribution in [0.4, 0.5) is 0 Å². The number of rotatable bonds is 7. The summed E-state index contributed by atoms with van der Waals surface area (Å²) in [4.78, 5) is 58.0. The number of ether oxygens (including phenoxy) is 4. The zero-order valence-electron chi connectivity index (χ0n) is 17.7. The highest BCUT2D eigenvalue weighted by atomic mass is 16.6. The molecular formula is C22H20O10. The lowest BCUT2D eigenvalue weighted by Crippen LogP contribution is -2.14. The molecule has 10 nitrogen and oxygen atoms in total. The van der Waals surface area contributed by atoms with Crippen LogP contribution in [0.25, 0.3) is 0 Å². The smallest absolute Gasteiger partial charge is 0.308 e. The van der Waals surface area contributed by atoms with E-state index in [2.05, 4.69) is 0 Å². The highest BCUT2D eigenvalue weighted by molar-refractivity contribution is 6.00. The van der Waals surface area contributed by atoms with E-state index in [1.54, 1.807) is 0 Å². The Labute approximate surface area is 182 Å². The molecule has 0 heterocycles. The maximum atomic E-state index is 12.8. The van der Waals surface area contributed by atoms with Crippen LogP contribution in [0, 0.1) is 0 Å². The molecule has 2 aromatic carbocycles. The van der Waals surface area contributed by atoms with Gasteiger partial charge in [0.05, 0.1) is 0 Å². The maximum absolute atomic E-state index is 12.8. The molecule has 32 heavy (non-hydrogen) atoms. The third kappa shape index (κ3) is 6.47. The molecule has 0 radical (unpaired) electrons. The van der Waals surface area contributed by atoms with Crippen molar-refractivity contribution in [3.63, 3.8) is 0 Å². The van der Waals surface area contributed by atoms with E-state index < -0.39 is 35.8 Å². The summed E-state index contributed by atoms with van der Waals surface area (Å²) < 4.78 is 19.9. The van der Waals surface area contributed by atoms with Crippen molar-refractivity contribution in [2.45, 2.75) is 33.8 Å². The van der Waals surface area contributed by atoms with Gasteiger partial charge in [0.1, 0.15) is 6.10 Å². The van der Waals surface area contributed by atoms with Gasteiger partial charge < -0.3 is 24.1 Å². The van der Waals surface area contributed by atoms with Gasteiger partial charge in [0, 0.05) is 33.3 Å².